The molecule has 3 rings (SSSR count). The average molecular weight is 286 g/mol. The number of carbonyl (C=O) groups excluding carboxylic acids is 2. The Morgan fingerprint density at radius 2 is 1.76 bits per heavy atom. The van der Waals surface area contributed by atoms with Crippen molar-refractivity contribution >= 4 is 11.8 Å². The largest absolute Gasteiger partial charge is 0.349 e. The van der Waals surface area contributed by atoms with E-state index in [1.165, 1.54) is 0 Å². The molecule has 0 spiro atoms. The first-order chi connectivity index (χ1) is 10.1. The van der Waals surface area contributed by atoms with Crippen LogP contribution in [0.3, 0.4) is 0 Å². The van der Waals surface area contributed by atoms with Crippen molar-refractivity contribution in [3.8, 4) is 0 Å². The molecule has 2 aliphatic rings. The molecule has 1 aromatic rings. The van der Waals surface area contributed by atoms with Gasteiger partial charge in [0.25, 0.3) is 11.8 Å². The molecule has 1 aliphatic carbocycles. The van der Waals surface area contributed by atoms with E-state index in [0.717, 1.165) is 38.8 Å². The van der Waals surface area contributed by atoms with Crippen LogP contribution >= 0.6 is 0 Å². The van der Waals surface area contributed by atoms with E-state index in [2.05, 4.69) is 12.2 Å². The maximum Gasteiger partial charge on any atom is 0.253 e. The lowest BCUT2D eigenvalue weighted by atomic mass is 9.98. The van der Waals surface area contributed by atoms with E-state index in [1.54, 1.807) is 24.3 Å². The fourth-order valence-electron chi connectivity index (χ4n) is 2.68. The Morgan fingerprint density at radius 1 is 1.10 bits per heavy atom. The zero-order valence-corrected chi connectivity index (χ0v) is 12.5. The van der Waals surface area contributed by atoms with Gasteiger partial charge < -0.3 is 10.2 Å². The zero-order valence-electron chi connectivity index (χ0n) is 12.5. The van der Waals surface area contributed by atoms with E-state index in [4.69, 9.17) is 0 Å². The predicted octanol–water partition coefficient (Wildman–Crippen LogP) is 2.45. The van der Waals surface area contributed by atoms with Crippen molar-refractivity contribution in [1.29, 1.82) is 0 Å². The fourth-order valence-corrected chi connectivity index (χ4v) is 2.68. The van der Waals surface area contributed by atoms with Crippen molar-refractivity contribution in [2.45, 2.75) is 38.6 Å². The van der Waals surface area contributed by atoms with E-state index in [9.17, 15) is 9.59 Å². The Bertz CT molecular complexity index is 543. The minimum atomic E-state index is -0.0700. The van der Waals surface area contributed by atoms with Crippen molar-refractivity contribution in [3.05, 3.63) is 35.4 Å². The molecule has 2 fully saturated rings. The molecule has 4 nitrogen and oxygen atoms in total. The quantitative estimate of drug-likeness (QED) is 0.928. The van der Waals surface area contributed by atoms with Gasteiger partial charge in [-0.05, 0) is 49.8 Å². The second kappa shape index (κ2) is 5.88. The molecule has 1 saturated carbocycles. The highest BCUT2D eigenvalue weighted by molar-refractivity contribution is 5.99. The summed E-state index contributed by atoms with van der Waals surface area (Å²) < 4.78 is 0. The third kappa shape index (κ3) is 3.43. The smallest absolute Gasteiger partial charge is 0.253 e. The maximum absolute atomic E-state index is 12.5. The molecule has 0 atom stereocenters. The number of benzene rings is 1. The van der Waals surface area contributed by atoms with Crippen molar-refractivity contribution < 1.29 is 9.59 Å². The molecule has 0 bridgehead atoms. The van der Waals surface area contributed by atoms with E-state index >= 15 is 0 Å². The number of rotatable bonds is 3. The molecular formula is C17H22N2O2. The first-order valence-corrected chi connectivity index (χ1v) is 7.83. The molecule has 1 aliphatic heterocycles. The maximum atomic E-state index is 12.5. The molecule has 1 aromatic carbocycles. The number of amides is 2. The van der Waals surface area contributed by atoms with Crippen LogP contribution in [0, 0.1) is 5.92 Å². The Labute approximate surface area is 125 Å². The lowest BCUT2D eigenvalue weighted by molar-refractivity contribution is 0.0697. The van der Waals surface area contributed by atoms with E-state index < -0.39 is 0 Å². The minimum absolute atomic E-state index is 0.0444. The van der Waals surface area contributed by atoms with Gasteiger partial charge in [-0.25, -0.2) is 0 Å². The van der Waals surface area contributed by atoms with Gasteiger partial charge >= 0.3 is 0 Å². The number of likely N-dealkylation sites (tertiary alicyclic amines) is 1. The summed E-state index contributed by atoms with van der Waals surface area (Å²) in [4.78, 5) is 26.5. The van der Waals surface area contributed by atoms with Gasteiger partial charge in [-0.2, -0.15) is 0 Å². The summed E-state index contributed by atoms with van der Waals surface area (Å²) in [5, 5.41) is 2.96. The van der Waals surface area contributed by atoms with Crippen molar-refractivity contribution in [2.75, 3.05) is 13.1 Å². The summed E-state index contributed by atoms with van der Waals surface area (Å²) in [6, 6.07) is 7.42. The van der Waals surface area contributed by atoms with Gasteiger partial charge in [0.2, 0.25) is 0 Å². The van der Waals surface area contributed by atoms with Gasteiger partial charge in [0.1, 0.15) is 0 Å². The highest BCUT2D eigenvalue weighted by Crippen LogP contribution is 2.21. The van der Waals surface area contributed by atoms with Crippen LogP contribution in [0.2, 0.25) is 0 Å². The van der Waals surface area contributed by atoms with E-state index in [-0.39, 0.29) is 11.8 Å². The van der Waals surface area contributed by atoms with Gasteiger partial charge in [0.15, 0.2) is 0 Å². The highest BCUT2D eigenvalue weighted by Gasteiger charge is 2.25. The number of hydrogen-bond donors (Lipinski definition) is 1. The van der Waals surface area contributed by atoms with Crippen LogP contribution in [0.1, 0.15) is 53.3 Å². The molecule has 2 amide bonds. The number of carbonyl (C=O) groups is 2. The minimum Gasteiger partial charge on any atom is -0.349 e. The predicted molar refractivity (Wildman–Crippen MR) is 81.2 cm³/mol. The molecule has 112 valence electrons. The summed E-state index contributed by atoms with van der Waals surface area (Å²) in [6.45, 7) is 3.86. The lowest BCUT2D eigenvalue weighted by Crippen LogP contribution is -2.38. The van der Waals surface area contributed by atoms with Crippen LogP contribution in [0.4, 0.5) is 0 Å². The Morgan fingerprint density at radius 3 is 2.43 bits per heavy atom. The van der Waals surface area contributed by atoms with Gasteiger partial charge in [-0.1, -0.05) is 13.0 Å². The fraction of sp³-hybridized carbons (Fsp3) is 0.529. The van der Waals surface area contributed by atoms with E-state index in [0.29, 0.717) is 23.1 Å². The second-order valence-electron chi connectivity index (χ2n) is 6.30. The zero-order chi connectivity index (χ0) is 14.8. The Kier molecular flexibility index (Phi) is 3.95. The van der Waals surface area contributed by atoms with Crippen LogP contribution < -0.4 is 5.32 Å². The van der Waals surface area contributed by atoms with Gasteiger partial charge in [0, 0.05) is 30.3 Å². The molecule has 1 N–H and O–H groups in total. The summed E-state index contributed by atoms with van der Waals surface area (Å²) in [5.41, 5.74) is 1.20. The monoisotopic (exact) mass is 286 g/mol. The second-order valence-corrected chi connectivity index (χ2v) is 6.30. The SMILES string of the molecule is CC1CCN(C(=O)c2cccc(C(=O)NC3CC3)c2)CC1. The van der Waals surface area contributed by atoms with Gasteiger partial charge in [0.05, 0.1) is 0 Å². The van der Waals surface area contributed by atoms with Gasteiger partial charge in [-0.3, -0.25) is 9.59 Å². The standard InChI is InChI=1S/C17H22N2O2/c1-12-7-9-19(10-8-12)17(21)14-4-2-3-13(11-14)16(20)18-15-5-6-15/h2-4,11-12,15H,5-10H2,1H3,(H,18,20). The third-order valence-electron chi connectivity index (χ3n) is 4.36. The third-order valence-corrected chi connectivity index (χ3v) is 4.36. The summed E-state index contributed by atoms with van der Waals surface area (Å²) in [5.74, 6) is 0.673. The van der Waals surface area contributed by atoms with Crippen molar-refractivity contribution in [3.63, 3.8) is 0 Å². The highest BCUT2D eigenvalue weighted by atomic mass is 16.2. The molecular weight excluding hydrogens is 264 g/mol. The molecule has 0 aromatic heterocycles. The Balaban J connectivity index is 1.69. The molecule has 4 heteroatoms. The number of piperidine rings is 1. The normalized spacial score (nSPS) is 19.4. The molecule has 21 heavy (non-hydrogen) atoms. The molecule has 0 radical (unpaired) electrons. The summed E-state index contributed by atoms with van der Waals surface area (Å²) in [7, 11) is 0. The first-order valence-electron chi connectivity index (χ1n) is 7.83. The summed E-state index contributed by atoms with van der Waals surface area (Å²) >= 11 is 0. The number of nitrogens with one attached hydrogen (secondary N) is 1. The van der Waals surface area contributed by atoms with Crippen LogP contribution in [0.25, 0.3) is 0 Å². The summed E-state index contributed by atoms with van der Waals surface area (Å²) in [6.07, 6.45) is 4.26. The molecule has 1 heterocycles. The Hall–Kier alpha value is -1.84. The van der Waals surface area contributed by atoms with Crippen LogP contribution in [0.15, 0.2) is 24.3 Å². The topological polar surface area (TPSA) is 49.4 Å². The van der Waals surface area contributed by atoms with Crippen LogP contribution in [0.5, 0.6) is 0 Å². The van der Waals surface area contributed by atoms with Gasteiger partial charge in [-0.15, -0.1) is 0 Å². The number of hydrogen-bond acceptors (Lipinski definition) is 2. The number of nitrogens with zero attached hydrogens (tertiary/aromatic N) is 1. The van der Waals surface area contributed by atoms with Crippen LogP contribution in [-0.2, 0) is 0 Å². The van der Waals surface area contributed by atoms with E-state index in [1.807, 2.05) is 4.90 Å². The van der Waals surface area contributed by atoms with Crippen molar-refractivity contribution in [2.24, 2.45) is 5.92 Å². The first kappa shape index (κ1) is 14.1. The van der Waals surface area contributed by atoms with Crippen LogP contribution in [-0.4, -0.2) is 35.8 Å². The molecule has 1 saturated heterocycles. The lowest BCUT2D eigenvalue weighted by Gasteiger charge is -2.30. The average Bonchev–Trinajstić information content (AvgIpc) is 3.31. The van der Waals surface area contributed by atoms with Crippen molar-refractivity contribution in [1.82, 2.24) is 10.2 Å². The molecule has 0 unspecified atom stereocenters.